The summed E-state index contributed by atoms with van der Waals surface area (Å²) >= 11 is 3.40. The first kappa shape index (κ1) is 17.2. The zero-order valence-corrected chi connectivity index (χ0v) is 14.9. The van der Waals surface area contributed by atoms with E-state index in [1.54, 1.807) is 19.2 Å². The standard InChI is InChI=1S/C18H18BrNO3/c1-12-4-5-16(13(2)8-12)22-6-7-23-18-15(19)9-14(11-20)10-17(18)21-3/h4-5,8-10H,6-7H2,1-3H3. The number of hydrogen-bond donors (Lipinski definition) is 0. The van der Waals surface area contributed by atoms with Gasteiger partial charge in [-0.25, -0.2) is 0 Å². The first-order valence-corrected chi connectivity index (χ1v) is 7.95. The summed E-state index contributed by atoms with van der Waals surface area (Å²) in [6.07, 6.45) is 0. The minimum Gasteiger partial charge on any atom is -0.493 e. The molecule has 0 heterocycles. The molecule has 23 heavy (non-hydrogen) atoms. The molecule has 0 aliphatic heterocycles. The molecule has 0 aliphatic carbocycles. The Morgan fingerprint density at radius 2 is 1.78 bits per heavy atom. The molecule has 0 aliphatic rings. The SMILES string of the molecule is COc1cc(C#N)cc(Br)c1OCCOc1ccc(C)cc1C. The van der Waals surface area contributed by atoms with Gasteiger partial charge in [-0.1, -0.05) is 17.7 Å². The normalized spacial score (nSPS) is 10.0. The average Bonchev–Trinajstić information content (AvgIpc) is 2.53. The molecular formula is C18H18BrNO3. The zero-order valence-electron chi connectivity index (χ0n) is 13.4. The van der Waals surface area contributed by atoms with Gasteiger partial charge >= 0.3 is 0 Å². The summed E-state index contributed by atoms with van der Waals surface area (Å²) < 4.78 is 17.4. The third-order valence-electron chi connectivity index (χ3n) is 3.28. The molecule has 0 aromatic heterocycles. The van der Waals surface area contributed by atoms with Crippen LogP contribution in [0.5, 0.6) is 17.2 Å². The van der Waals surface area contributed by atoms with Crippen molar-refractivity contribution in [1.82, 2.24) is 0 Å². The number of rotatable bonds is 6. The number of aryl methyl sites for hydroxylation is 2. The maximum absolute atomic E-state index is 8.97. The summed E-state index contributed by atoms with van der Waals surface area (Å²) in [7, 11) is 1.54. The van der Waals surface area contributed by atoms with Crippen molar-refractivity contribution in [3.63, 3.8) is 0 Å². The Morgan fingerprint density at radius 3 is 2.43 bits per heavy atom. The molecule has 0 atom stereocenters. The average molecular weight is 376 g/mol. The van der Waals surface area contributed by atoms with Crippen LogP contribution in [0.1, 0.15) is 16.7 Å². The number of hydrogen-bond acceptors (Lipinski definition) is 4. The fraction of sp³-hybridized carbons (Fsp3) is 0.278. The molecule has 0 amide bonds. The Hall–Kier alpha value is -2.19. The first-order valence-electron chi connectivity index (χ1n) is 7.15. The van der Waals surface area contributed by atoms with Gasteiger partial charge in [-0.2, -0.15) is 5.26 Å². The topological polar surface area (TPSA) is 51.5 Å². The zero-order chi connectivity index (χ0) is 16.8. The van der Waals surface area contributed by atoms with Crippen LogP contribution >= 0.6 is 15.9 Å². The maximum Gasteiger partial charge on any atom is 0.175 e. The van der Waals surface area contributed by atoms with Crippen molar-refractivity contribution in [1.29, 1.82) is 5.26 Å². The Morgan fingerprint density at radius 1 is 1.04 bits per heavy atom. The van der Waals surface area contributed by atoms with Crippen molar-refractivity contribution in [2.24, 2.45) is 0 Å². The predicted molar refractivity (Wildman–Crippen MR) is 92.3 cm³/mol. The van der Waals surface area contributed by atoms with E-state index in [9.17, 15) is 0 Å². The highest BCUT2D eigenvalue weighted by atomic mass is 79.9. The van der Waals surface area contributed by atoms with Crippen molar-refractivity contribution < 1.29 is 14.2 Å². The highest BCUT2D eigenvalue weighted by molar-refractivity contribution is 9.10. The van der Waals surface area contributed by atoms with Gasteiger partial charge in [0.15, 0.2) is 11.5 Å². The van der Waals surface area contributed by atoms with Crippen LogP contribution in [0.15, 0.2) is 34.8 Å². The van der Waals surface area contributed by atoms with Gasteiger partial charge in [-0.05, 0) is 47.5 Å². The molecular weight excluding hydrogens is 358 g/mol. The lowest BCUT2D eigenvalue weighted by molar-refractivity contribution is 0.209. The Balaban J connectivity index is 1.98. The van der Waals surface area contributed by atoms with Gasteiger partial charge in [-0.15, -0.1) is 0 Å². The van der Waals surface area contributed by atoms with Crippen molar-refractivity contribution in [3.8, 4) is 23.3 Å². The second-order valence-electron chi connectivity index (χ2n) is 5.07. The summed E-state index contributed by atoms with van der Waals surface area (Å²) in [6, 6.07) is 11.5. The van der Waals surface area contributed by atoms with E-state index in [0.29, 0.717) is 34.7 Å². The number of ether oxygens (including phenoxy) is 3. The Kier molecular flexibility index (Phi) is 5.89. The molecule has 4 nitrogen and oxygen atoms in total. The molecule has 2 aromatic carbocycles. The molecule has 0 radical (unpaired) electrons. The van der Waals surface area contributed by atoms with E-state index < -0.39 is 0 Å². The van der Waals surface area contributed by atoms with Gasteiger partial charge < -0.3 is 14.2 Å². The van der Waals surface area contributed by atoms with E-state index >= 15 is 0 Å². The Labute approximate surface area is 144 Å². The summed E-state index contributed by atoms with van der Waals surface area (Å²) in [5.41, 5.74) is 2.81. The van der Waals surface area contributed by atoms with E-state index in [4.69, 9.17) is 19.5 Å². The van der Waals surface area contributed by atoms with Gasteiger partial charge in [0.2, 0.25) is 0 Å². The van der Waals surface area contributed by atoms with Crippen LogP contribution in [0.3, 0.4) is 0 Å². The minimum atomic E-state index is 0.369. The number of methoxy groups -OCH3 is 1. The lowest BCUT2D eigenvalue weighted by Gasteiger charge is -2.14. The third kappa shape index (κ3) is 4.40. The van der Waals surface area contributed by atoms with E-state index in [1.807, 2.05) is 19.1 Å². The largest absolute Gasteiger partial charge is 0.493 e. The van der Waals surface area contributed by atoms with E-state index in [-0.39, 0.29) is 0 Å². The second kappa shape index (κ2) is 7.89. The van der Waals surface area contributed by atoms with Gasteiger partial charge in [-0.3, -0.25) is 0 Å². The Bertz CT molecular complexity index is 738. The first-order chi connectivity index (χ1) is 11.0. The van der Waals surface area contributed by atoms with Crippen molar-refractivity contribution in [2.75, 3.05) is 20.3 Å². The highest BCUT2D eigenvalue weighted by Crippen LogP contribution is 2.36. The summed E-state index contributed by atoms with van der Waals surface area (Å²) in [5, 5.41) is 8.97. The quantitative estimate of drug-likeness (QED) is 0.701. The van der Waals surface area contributed by atoms with Gasteiger partial charge in [0, 0.05) is 6.07 Å². The van der Waals surface area contributed by atoms with Crippen molar-refractivity contribution in [2.45, 2.75) is 13.8 Å². The molecule has 0 saturated carbocycles. The van der Waals surface area contributed by atoms with Crippen LogP contribution in [0.25, 0.3) is 0 Å². The summed E-state index contributed by atoms with van der Waals surface area (Å²) in [4.78, 5) is 0. The minimum absolute atomic E-state index is 0.369. The molecule has 5 heteroatoms. The second-order valence-corrected chi connectivity index (χ2v) is 5.92. The fourth-order valence-electron chi connectivity index (χ4n) is 2.18. The molecule has 120 valence electrons. The molecule has 0 unspecified atom stereocenters. The molecule has 0 fully saturated rings. The monoisotopic (exact) mass is 375 g/mol. The van der Waals surface area contributed by atoms with Crippen LogP contribution in [0.2, 0.25) is 0 Å². The molecule has 0 spiro atoms. The van der Waals surface area contributed by atoms with Crippen LogP contribution in [-0.4, -0.2) is 20.3 Å². The van der Waals surface area contributed by atoms with Crippen LogP contribution in [0, 0.1) is 25.2 Å². The molecule has 0 N–H and O–H groups in total. The predicted octanol–water partition coefficient (Wildman–Crippen LogP) is 4.40. The van der Waals surface area contributed by atoms with Crippen LogP contribution in [0.4, 0.5) is 0 Å². The fourth-order valence-corrected chi connectivity index (χ4v) is 2.74. The van der Waals surface area contributed by atoms with E-state index in [0.717, 1.165) is 11.3 Å². The smallest absolute Gasteiger partial charge is 0.175 e. The van der Waals surface area contributed by atoms with Crippen LogP contribution < -0.4 is 14.2 Å². The summed E-state index contributed by atoms with van der Waals surface area (Å²) in [5.74, 6) is 1.93. The maximum atomic E-state index is 8.97. The molecule has 2 rings (SSSR count). The van der Waals surface area contributed by atoms with E-state index in [1.165, 1.54) is 5.56 Å². The molecule has 0 saturated heterocycles. The lowest BCUT2D eigenvalue weighted by Crippen LogP contribution is -2.10. The van der Waals surface area contributed by atoms with E-state index in [2.05, 4.69) is 35.0 Å². The van der Waals surface area contributed by atoms with Crippen molar-refractivity contribution in [3.05, 3.63) is 51.5 Å². The third-order valence-corrected chi connectivity index (χ3v) is 3.87. The van der Waals surface area contributed by atoms with Gasteiger partial charge in [0.25, 0.3) is 0 Å². The number of nitrogens with zero attached hydrogens (tertiary/aromatic N) is 1. The van der Waals surface area contributed by atoms with Crippen molar-refractivity contribution >= 4 is 15.9 Å². The highest BCUT2D eigenvalue weighted by Gasteiger charge is 2.11. The number of nitriles is 1. The van der Waals surface area contributed by atoms with Gasteiger partial charge in [0.1, 0.15) is 19.0 Å². The number of benzene rings is 2. The molecule has 2 aromatic rings. The lowest BCUT2D eigenvalue weighted by atomic mass is 10.1. The summed E-state index contributed by atoms with van der Waals surface area (Å²) in [6.45, 7) is 4.85. The van der Waals surface area contributed by atoms with Gasteiger partial charge in [0.05, 0.1) is 23.2 Å². The molecule has 0 bridgehead atoms. The number of halogens is 1. The van der Waals surface area contributed by atoms with Crippen LogP contribution in [-0.2, 0) is 0 Å².